The lowest BCUT2D eigenvalue weighted by atomic mass is 9.96. The van der Waals surface area contributed by atoms with E-state index in [1.165, 1.54) is 12.8 Å². The zero-order valence-corrected chi connectivity index (χ0v) is 21.0. The van der Waals surface area contributed by atoms with Crippen molar-refractivity contribution in [3.63, 3.8) is 0 Å². The minimum Gasteiger partial charge on any atom is -0.334 e. The van der Waals surface area contributed by atoms with Crippen LogP contribution in [0.25, 0.3) is 5.57 Å². The Morgan fingerprint density at radius 1 is 1.00 bits per heavy atom. The number of amides is 1. The van der Waals surface area contributed by atoms with Crippen LogP contribution < -0.4 is 4.72 Å². The van der Waals surface area contributed by atoms with Gasteiger partial charge in [-0.3, -0.25) is 4.79 Å². The zero-order valence-electron chi connectivity index (χ0n) is 20.1. The average Bonchev–Trinajstić information content (AvgIpc) is 3.44. The van der Waals surface area contributed by atoms with Crippen molar-refractivity contribution in [3.8, 4) is 0 Å². The second-order valence-electron chi connectivity index (χ2n) is 10.6. The summed E-state index contributed by atoms with van der Waals surface area (Å²) in [5.74, 6) is 0.127. The molecule has 2 saturated heterocycles. The van der Waals surface area contributed by atoms with Crippen molar-refractivity contribution in [2.45, 2.75) is 70.9 Å². The molecule has 7 heteroatoms. The number of hydrogen-bond donors (Lipinski definition) is 1. The molecule has 180 valence electrons. The maximum absolute atomic E-state index is 13.2. The Hall–Kier alpha value is -1.96. The van der Waals surface area contributed by atoms with Crippen molar-refractivity contribution >= 4 is 21.5 Å². The first-order chi connectivity index (χ1) is 15.6. The fourth-order valence-electron chi connectivity index (χ4n) is 5.10. The molecule has 1 aliphatic carbocycles. The molecule has 1 aromatic carbocycles. The van der Waals surface area contributed by atoms with Crippen LogP contribution in [-0.2, 0) is 10.0 Å². The van der Waals surface area contributed by atoms with Crippen LogP contribution in [-0.4, -0.2) is 61.9 Å². The van der Waals surface area contributed by atoms with Crippen LogP contribution >= 0.6 is 0 Å². The first-order valence-electron chi connectivity index (χ1n) is 12.2. The first-order valence-corrected chi connectivity index (χ1v) is 13.7. The molecule has 1 N–H and O–H groups in total. The normalized spacial score (nSPS) is 22.4. The van der Waals surface area contributed by atoms with E-state index >= 15 is 0 Å². The molecular weight excluding hydrogens is 434 g/mol. The fraction of sp³-hybridized carbons (Fsp3) is 0.577. The van der Waals surface area contributed by atoms with Gasteiger partial charge in [-0.2, -0.15) is 0 Å². The number of hydrogen-bond acceptors (Lipinski definition) is 4. The number of nitrogens with one attached hydrogen (secondary N) is 1. The summed E-state index contributed by atoms with van der Waals surface area (Å²) in [4.78, 5) is 18.2. The van der Waals surface area contributed by atoms with Gasteiger partial charge in [-0.15, -0.1) is 0 Å². The third kappa shape index (κ3) is 5.94. The van der Waals surface area contributed by atoms with E-state index in [9.17, 15) is 13.2 Å². The molecule has 0 spiro atoms. The van der Waals surface area contributed by atoms with Gasteiger partial charge in [0.2, 0.25) is 10.0 Å². The third-order valence-corrected chi connectivity index (χ3v) is 8.62. The van der Waals surface area contributed by atoms with Gasteiger partial charge in [0.05, 0.1) is 4.91 Å². The van der Waals surface area contributed by atoms with Gasteiger partial charge < -0.3 is 9.80 Å². The van der Waals surface area contributed by atoms with Gasteiger partial charge in [-0.1, -0.05) is 18.2 Å². The van der Waals surface area contributed by atoms with Crippen LogP contribution in [0.4, 0.5) is 0 Å². The summed E-state index contributed by atoms with van der Waals surface area (Å²) in [6.45, 7) is 9.68. The lowest BCUT2D eigenvalue weighted by molar-refractivity contribution is 0.0708. The number of sulfonamides is 1. The number of benzene rings is 1. The second-order valence-corrected chi connectivity index (χ2v) is 12.3. The molecule has 1 atom stereocenters. The number of likely N-dealkylation sites (tertiary alicyclic amines) is 2. The molecule has 2 heterocycles. The van der Waals surface area contributed by atoms with Crippen LogP contribution in [0.2, 0.25) is 0 Å². The number of allylic oxidation sites excluding steroid dienone is 4. The molecule has 2 aliphatic heterocycles. The summed E-state index contributed by atoms with van der Waals surface area (Å²) in [7, 11) is -3.48. The third-order valence-electron chi connectivity index (χ3n) is 6.71. The highest BCUT2D eigenvalue weighted by Gasteiger charge is 2.31. The Morgan fingerprint density at radius 2 is 1.70 bits per heavy atom. The first kappa shape index (κ1) is 24.2. The predicted molar refractivity (Wildman–Crippen MR) is 133 cm³/mol. The molecule has 0 bridgehead atoms. The summed E-state index contributed by atoms with van der Waals surface area (Å²) in [5.41, 5.74) is 2.36. The average molecular weight is 472 g/mol. The lowest BCUT2D eigenvalue weighted by Gasteiger charge is -2.28. The number of carbonyl (C=O) groups is 1. The molecule has 1 unspecified atom stereocenters. The number of rotatable bonds is 6. The molecule has 0 radical (unpaired) electrons. The van der Waals surface area contributed by atoms with E-state index in [-0.39, 0.29) is 5.91 Å². The number of nitrogens with zero attached hydrogens (tertiary/aromatic N) is 2. The van der Waals surface area contributed by atoms with E-state index in [4.69, 9.17) is 0 Å². The van der Waals surface area contributed by atoms with Crippen LogP contribution in [0.1, 0.15) is 75.2 Å². The van der Waals surface area contributed by atoms with E-state index in [1.807, 2.05) is 51.1 Å². The summed E-state index contributed by atoms with van der Waals surface area (Å²) in [6, 6.07) is 8.14. The Kier molecular flexibility index (Phi) is 7.12. The maximum Gasteiger partial charge on any atom is 0.254 e. The van der Waals surface area contributed by atoms with Gasteiger partial charge >= 0.3 is 0 Å². The fourth-order valence-corrected chi connectivity index (χ4v) is 6.66. The molecule has 0 saturated carbocycles. The molecular formula is C26H37N3O3S. The van der Waals surface area contributed by atoms with E-state index in [1.54, 1.807) is 6.08 Å². The van der Waals surface area contributed by atoms with E-state index in [2.05, 4.69) is 14.5 Å². The van der Waals surface area contributed by atoms with Gasteiger partial charge in [-0.25, -0.2) is 13.1 Å². The highest BCUT2D eigenvalue weighted by molar-refractivity contribution is 7.93. The highest BCUT2D eigenvalue weighted by Crippen LogP contribution is 2.30. The maximum atomic E-state index is 13.2. The van der Waals surface area contributed by atoms with Crippen molar-refractivity contribution in [1.29, 1.82) is 0 Å². The Morgan fingerprint density at radius 3 is 2.30 bits per heavy atom. The van der Waals surface area contributed by atoms with Gasteiger partial charge in [0.1, 0.15) is 0 Å². The lowest BCUT2D eigenvalue weighted by Crippen LogP contribution is -2.42. The smallest absolute Gasteiger partial charge is 0.254 e. The second kappa shape index (κ2) is 9.72. The van der Waals surface area contributed by atoms with Crippen molar-refractivity contribution in [3.05, 3.63) is 52.4 Å². The molecule has 1 amide bonds. The van der Waals surface area contributed by atoms with Gasteiger partial charge in [0.15, 0.2) is 0 Å². The molecule has 2 fully saturated rings. The Labute approximate surface area is 198 Å². The predicted octanol–water partition coefficient (Wildman–Crippen LogP) is 4.17. The van der Waals surface area contributed by atoms with Crippen molar-refractivity contribution in [1.82, 2.24) is 14.5 Å². The summed E-state index contributed by atoms with van der Waals surface area (Å²) in [6.07, 6.45) is 9.45. The highest BCUT2D eigenvalue weighted by atomic mass is 32.2. The summed E-state index contributed by atoms with van der Waals surface area (Å²) in [5, 5.41) is 0. The Bertz CT molecular complexity index is 1030. The largest absolute Gasteiger partial charge is 0.334 e. The summed E-state index contributed by atoms with van der Waals surface area (Å²) < 4.78 is 27.9. The van der Waals surface area contributed by atoms with Crippen LogP contribution in [0.15, 0.2) is 41.3 Å². The molecule has 0 aromatic heterocycles. The Balaban J connectivity index is 1.42. The minimum absolute atomic E-state index is 0.127. The van der Waals surface area contributed by atoms with E-state index < -0.39 is 15.6 Å². The molecule has 33 heavy (non-hydrogen) atoms. The number of carbonyl (C=O) groups excluding carboxylic acids is 1. The topological polar surface area (TPSA) is 69.7 Å². The standard InChI is InChI=1S/C26H37N3O3S/c1-26(2,3)27-33(31,32)24-14-12-21(13-15-24)20-8-10-22(11-9-20)25(30)29-18-6-7-23(29)19-28-16-4-5-17-28/h8-12,14,23,27H,4-7,13,15-19H2,1-3H3. The van der Waals surface area contributed by atoms with Crippen LogP contribution in [0.5, 0.6) is 0 Å². The minimum atomic E-state index is -3.48. The van der Waals surface area contributed by atoms with Gasteiger partial charge in [0, 0.05) is 30.2 Å². The van der Waals surface area contributed by atoms with Crippen molar-refractivity contribution in [2.24, 2.45) is 0 Å². The van der Waals surface area contributed by atoms with Crippen LogP contribution in [0, 0.1) is 0 Å². The molecule has 6 nitrogen and oxygen atoms in total. The van der Waals surface area contributed by atoms with Gasteiger partial charge in [0.25, 0.3) is 5.91 Å². The SMILES string of the molecule is CC(C)(C)NS(=O)(=O)C1=CC=C(c2ccc(C(=O)N3CCCC3CN3CCCC3)cc2)CC1. The van der Waals surface area contributed by atoms with Crippen molar-refractivity contribution < 1.29 is 13.2 Å². The molecule has 1 aromatic rings. The monoisotopic (exact) mass is 471 g/mol. The molecule has 3 aliphatic rings. The summed E-state index contributed by atoms with van der Waals surface area (Å²) >= 11 is 0. The van der Waals surface area contributed by atoms with Crippen LogP contribution in [0.3, 0.4) is 0 Å². The molecule has 4 rings (SSSR count). The zero-order chi connectivity index (χ0) is 23.6. The van der Waals surface area contributed by atoms with E-state index in [0.717, 1.165) is 55.7 Å². The van der Waals surface area contributed by atoms with E-state index in [0.29, 0.717) is 23.8 Å². The quantitative estimate of drug-likeness (QED) is 0.676. The van der Waals surface area contributed by atoms with Crippen molar-refractivity contribution in [2.75, 3.05) is 26.2 Å². The van der Waals surface area contributed by atoms with Gasteiger partial charge in [-0.05, 0) is 102 Å².